The molecule has 1 heterocycles. The fourth-order valence-corrected chi connectivity index (χ4v) is 2.97. The number of nitrogens with one attached hydrogen (secondary N) is 1. The van der Waals surface area contributed by atoms with Crippen molar-refractivity contribution >= 4 is 22.7 Å². The van der Waals surface area contributed by atoms with Gasteiger partial charge in [-0.25, -0.2) is 4.98 Å². The lowest BCUT2D eigenvalue weighted by atomic mass is 10.2. The maximum Gasteiger partial charge on any atom is 0.262 e. The lowest BCUT2D eigenvalue weighted by Crippen LogP contribution is -2.20. The lowest BCUT2D eigenvalue weighted by molar-refractivity contribution is -0.118. The van der Waals surface area contributed by atoms with Gasteiger partial charge in [-0.1, -0.05) is 24.3 Å². The third-order valence-electron chi connectivity index (χ3n) is 4.37. The largest absolute Gasteiger partial charge is 0.495 e. The van der Waals surface area contributed by atoms with Gasteiger partial charge in [-0.05, 0) is 55.0 Å². The maximum atomic E-state index is 12.4. The molecule has 29 heavy (non-hydrogen) atoms. The molecule has 0 aliphatic carbocycles. The van der Waals surface area contributed by atoms with E-state index in [0.29, 0.717) is 28.7 Å². The van der Waals surface area contributed by atoms with Crippen molar-refractivity contribution < 1.29 is 18.7 Å². The molecule has 1 N–H and O–H groups in total. The second kappa shape index (κ2) is 8.06. The quantitative estimate of drug-likeness (QED) is 0.512. The number of anilines is 1. The second-order valence-corrected chi connectivity index (χ2v) is 6.56. The van der Waals surface area contributed by atoms with Crippen molar-refractivity contribution in [3.05, 3.63) is 72.3 Å². The molecule has 6 heteroatoms. The van der Waals surface area contributed by atoms with Gasteiger partial charge in [0, 0.05) is 5.56 Å². The Morgan fingerprint density at radius 2 is 1.93 bits per heavy atom. The number of methoxy groups -OCH3 is 1. The van der Waals surface area contributed by atoms with Crippen molar-refractivity contribution in [3.63, 3.8) is 0 Å². The van der Waals surface area contributed by atoms with E-state index >= 15 is 0 Å². The third-order valence-corrected chi connectivity index (χ3v) is 4.37. The highest BCUT2D eigenvalue weighted by molar-refractivity contribution is 5.94. The van der Waals surface area contributed by atoms with Gasteiger partial charge in [0.1, 0.15) is 17.0 Å². The Hall–Kier alpha value is -3.80. The summed E-state index contributed by atoms with van der Waals surface area (Å²) in [6.07, 6.45) is 0. The van der Waals surface area contributed by atoms with Crippen LogP contribution < -0.4 is 14.8 Å². The summed E-state index contributed by atoms with van der Waals surface area (Å²) in [5, 5.41) is 2.83. The molecule has 4 aromatic rings. The van der Waals surface area contributed by atoms with E-state index in [-0.39, 0.29) is 12.5 Å². The summed E-state index contributed by atoms with van der Waals surface area (Å²) in [5.74, 6) is 1.36. The number of fused-ring (bicyclic) bond motifs is 1. The second-order valence-electron chi connectivity index (χ2n) is 6.56. The molecule has 0 fully saturated rings. The van der Waals surface area contributed by atoms with Crippen LogP contribution in [0.15, 0.2) is 71.1 Å². The number of carbonyl (C=O) groups excluding carboxylic acids is 1. The summed E-state index contributed by atoms with van der Waals surface area (Å²) in [6, 6.07) is 20.5. The molecule has 1 amide bonds. The van der Waals surface area contributed by atoms with Crippen molar-refractivity contribution in [1.82, 2.24) is 4.98 Å². The van der Waals surface area contributed by atoms with Crippen molar-refractivity contribution in [3.8, 4) is 23.0 Å². The van der Waals surface area contributed by atoms with Crippen LogP contribution in [0.3, 0.4) is 0 Å². The number of carbonyl (C=O) groups is 1. The van der Waals surface area contributed by atoms with Crippen LogP contribution in [0, 0.1) is 6.92 Å². The lowest BCUT2D eigenvalue weighted by Gasteiger charge is -2.12. The van der Waals surface area contributed by atoms with Gasteiger partial charge in [0.2, 0.25) is 5.89 Å². The molecule has 0 unspecified atom stereocenters. The number of rotatable bonds is 6. The van der Waals surface area contributed by atoms with Crippen LogP contribution in [0.4, 0.5) is 5.69 Å². The number of oxazole rings is 1. The first-order valence-electron chi connectivity index (χ1n) is 9.16. The van der Waals surface area contributed by atoms with Crippen LogP contribution in [-0.2, 0) is 4.79 Å². The van der Waals surface area contributed by atoms with Crippen LogP contribution in [0.2, 0.25) is 0 Å². The number of para-hydroxylation sites is 2. The number of aromatic nitrogens is 1. The predicted molar refractivity (Wildman–Crippen MR) is 111 cm³/mol. The zero-order valence-electron chi connectivity index (χ0n) is 16.1. The summed E-state index contributed by atoms with van der Waals surface area (Å²) in [6.45, 7) is 1.86. The highest BCUT2D eigenvalue weighted by atomic mass is 16.5. The van der Waals surface area contributed by atoms with E-state index in [2.05, 4.69) is 10.3 Å². The Morgan fingerprint density at radius 3 is 2.72 bits per heavy atom. The van der Waals surface area contributed by atoms with Crippen LogP contribution in [0.25, 0.3) is 22.6 Å². The van der Waals surface area contributed by atoms with E-state index in [1.807, 2.05) is 61.5 Å². The van der Waals surface area contributed by atoms with E-state index in [9.17, 15) is 4.79 Å². The molecule has 1 aromatic heterocycles. The summed E-state index contributed by atoms with van der Waals surface area (Å²) < 4.78 is 16.7. The van der Waals surface area contributed by atoms with Crippen molar-refractivity contribution in [2.45, 2.75) is 6.92 Å². The summed E-state index contributed by atoms with van der Waals surface area (Å²) >= 11 is 0. The van der Waals surface area contributed by atoms with E-state index in [1.54, 1.807) is 19.2 Å². The van der Waals surface area contributed by atoms with Crippen LogP contribution >= 0.6 is 0 Å². The van der Waals surface area contributed by atoms with E-state index in [0.717, 1.165) is 16.6 Å². The maximum absolute atomic E-state index is 12.4. The molecule has 0 saturated heterocycles. The molecular weight excluding hydrogens is 368 g/mol. The van der Waals surface area contributed by atoms with Gasteiger partial charge < -0.3 is 19.2 Å². The summed E-state index contributed by atoms with van der Waals surface area (Å²) in [4.78, 5) is 16.9. The Balaban J connectivity index is 1.52. The van der Waals surface area contributed by atoms with E-state index < -0.39 is 0 Å². The minimum absolute atomic E-state index is 0.111. The van der Waals surface area contributed by atoms with Crippen LogP contribution in [-0.4, -0.2) is 24.6 Å². The summed E-state index contributed by atoms with van der Waals surface area (Å²) in [7, 11) is 1.55. The van der Waals surface area contributed by atoms with Gasteiger partial charge in [0.25, 0.3) is 5.91 Å². The SMILES string of the molecule is COc1ccc(-c2nc3ccccc3o2)cc1NC(=O)COc1cccc(C)c1. The minimum atomic E-state index is -0.292. The standard InChI is InChI=1S/C23H20N2O4/c1-15-6-5-7-17(12-15)28-14-22(26)24-19-13-16(10-11-20(19)27-2)23-25-18-8-3-4-9-21(18)29-23/h3-13H,14H2,1-2H3,(H,24,26). The molecule has 146 valence electrons. The smallest absolute Gasteiger partial charge is 0.262 e. The Kier molecular flexibility index (Phi) is 5.16. The van der Waals surface area contributed by atoms with Gasteiger partial charge in [-0.2, -0.15) is 0 Å². The number of nitrogens with zero attached hydrogens (tertiary/aromatic N) is 1. The Bertz CT molecular complexity index is 1130. The first-order valence-corrected chi connectivity index (χ1v) is 9.16. The van der Waals surface area contributed by atoms with Gasteiger partial charge in [-0.15, -0.1) is 0 Å². The highest BCUT2D eigenvalue weighted by Crippen LogP contribution is 2.31. The van der Waals surface area contributed by atoms with E-state index in [1.165, 1.54) is 0 Å². The van der Waals surface area contributed by atoms with Crippen molar-refractivity contribution in [2.24, 2.45) is 0 Å². The molecule has 4 rings (SSSR count). The first-order chi connectivity index (χ1) is 14.1. The summed E-state index contributed by atoms with van der Waals surface area (Å²) in [5.41, 5.74) is 3.79. The number of ether oxygens (including phenoxy) is 2. The fraction of sp³-hybridized carbons (Fsp3) is 0.130. The molecule has 0 radical (unpaired) electrons. The van der Waals surface area contributed by atoms with Crippen LogP contribution in [0.5, 0.6) is 11.5 Å². The minimum Gasteiger partial charge on any atom is -0.495 e. The zero-order valence-corrected chi connectivity index (χ0v) is 16.1. The Labute approximate surface area is 168 Å². The average Bonchev–Trinajstić information content (AvgIpc) is 3.17. The number of aryl methyl sites for hydroxylation is 1. The van der Waals surface area contributed by atoms with Gasteiger partial charge in [0.05, 0.1) is 12.8 Å². The molecule has 0 atom stereocenters. The normalized spacial score (nSPS) is 10.7. The number of hydrogen-bond acceptors (Lipinski definition) is 5. The zero-order chi connectivity index (χ0) is 20.2. The third kappa shape index (κ3) is 4.21. The fourth-order valence-electron chi connectivity index (χ4n) is 2.97. The molecule has 6 nitrogen and oxygen atoms in total. The number of benzene rings is 3. The average molecular weight is 388 g/mol. The molecular formula is C23H20N2O4. The molecule has 0 spiro atoms. The van der Waals surface area contributed by atoms with Gasteiger partial charge in [-0.3, -0.25) is 4.79 Å². The first kappa shape index (κ1) is 18.6. The van der Waals surface area contributed by atoms with Crippen molar-refractivity contribution in [1.29, 1.82) is 0 Å². The predicted octanol–water partition coefficient (Wildman–Crippen LogP) is 4.83. The highest BCUT2D eigenvalue weighted by Gasteiger charge is 2.13. The molecule has 0 aliphatic rings. The van der Waals surface area contributed by atoms with Crippen LogP contribution in [0.1, 0.15) is 5.56 Å². The number of amides is 1. The monoisotopic (exact) mass is 388 g/mol. The topological polar surface area (TPSA) is 73.6 Å². The molecule has 0 bridgehead atoms. The van der Waals surface area contributed by atoms with Gasteiger partial charge in [0.15, 0.2) is 12.2 Å². The molecule has 3 aromatic carbocycles. The molecule has 0 aliphatic heterocycles. The van der Waals surface area contributed by atoms with E-state index in [4.69, 9.17) is 13.9 Å². The molecule has 0 saturated carbocycles. The van der Waals surface area contributed by atoms with Crippen molar-refractivity contribution in [2.75, 3.05) is 19.0 Å². The Morgan fingerprint density at radius 1 is 1.07 bits per heavy atom. The number of hydrogen-bond donors (Lipinski definition) is 1. The van der Waals surface area contributed by atoms with Gasteiger partial charge >= 0.3 is 0 Å².